The van der Waals surface area contributed by atoms with Gasteiger partial charge in [-0.3, -0.25) is 0 Å². The number of rotatable bonds is 4. The van der Waals surface area contributed by atoms with E-state index in [1.807, 2.05) is 12.1 Å². The zero-order valence-electron chi connectivity index (χ0n) is 10.7. The Labute approximate surface area is 141 Å². The number of halogens is 3. The molecule has 1 aromatic carbocycles. The van der Waals surface area contributed by atoms with Gasteiger partial charge in [0.2, 0.25) is 5.95 Å². The van der Waals surface area contributed by atoms with Gasteiger partial charge in [0, 0.05) is 23.8 Å². The zero-order chi connectivity index (χ0) is 14.7. The third-order valence-electron chi connectivity index (χ3n) is 2.46. The molecule has 106 valence electrons. The molecule has 0 saturated carbocycles. The first kappa shape index (κ1) is 15.5. The molecule has 2 aromatic rings. The van der Waals surface area contributed by atoms with Crippen molar-refractivity contribution < 1.29 is 4.74 Å². The number of benzene rings is 1. The van der Waals surface area contributed by atoms with Crippen LogP contribution in [0.25, 0.3) is 0 Å². The molecule has 0 fully saturated rings. The first-order valence-corrected chi connectivity index (χ1v) is 7.93. The summed E-state index contributed by atoms with van der Waals surface area (Å²) < 4.78 is 7.82. The normalized spacial score (nSPS) is 10.2. The van der Waals surface area contributed by atoms with Crippen molar-refractivity contribution in [2.75, 3.05) is 24.8 Å². The lowest BCUT2D eigenvalue weighted by Crippen LogP contribution is -2.02. The van der Waals surface area contributed by atoms with Crippen molar-refractivity contribution in [3.63, 3.8) is 0 Å². The van der Waals surface area contributed by atoms with E-state index in [1.54, 1.807) is 20.4 Å². The van der Waals surface area contributed by atoms with Gasteiger partial charge < -0.3 is 15.4 Å². The van der Waals surface area contributed by atoms with Crippen LogP contribution in [0.2, 0.25) is 0 Å². The topological polar surface area (TPSA) is 59.1 Å². The van der Waals surface area contributed by atoms with E-state index in [4.69, 9.17) is 4.74 Å². The SMILES string of the molecule is CNc1ncc(Br)c(Nc2cc(OC)c(Br)cc2Br)n1. The van der Waals surface area contributed by atoms with Gasteiger partial charge >= 0.3 is 0 Å². The molecule has 0 amide bonds. The molecule has 2 rings (SSSR count). The van der Waals surface area contributed by atoms with Crippen LogP contribution in [0, 0.1) is 0 Å². The molecular weight excluding hydrogens is 456 g/mol. The largest absolute Gasteiger partial charge is 0.495 e. The van der Waals surface area contributed by atoms with Gasteiger partial charge in [0.15, 0.2) is 0 Å². The molecule has 0 aliphatic carbocycles. The van der Waals surface area contributed by atoms with Gasteiger partial charge in [-0.1, -0.05) is 0 Å². The highest BCUT2D eigenvalue weighted by Gasteiger charge is 2.10. The number of methoxy groups -OCH3 is 1. The monoisotopic (exact) mass is 464 g/mol. The van der Waals surface area contributed by atoms with Gasteiger partial charge in [0.1, 0.15) is 11.6 Å². The summed E-state index contributed by atoms with van der Waals surface area (Å²) in [5.74, 6) is 1.93. The van der Waals surface area contributed by atoms with Crippen LogP contribution in [-0.2, 0) is 0 Å². The predicted molar refractivity (Wildman–Crippen MR) is 91.0 cm³/mol. The summed E-state index contributed by atoms with van der Waals surface area (Å²) in [6.45, 7) is 0. The molecule has 1 aromatic heterocycles. The van der Waals surface area contributed by atoms with Gasteiger partial charge in [-0.25, -0.2) is 4.98 Å². The quantitative estimate of drug-likeness (QED) is 0.692. The van der Waals surface area contributed by atoms with Crippen molar-refractivity contribution in [3.8, 4) is 5.75 Å². The Morgan fingerprint density at radius 1 is 1.10 bits per heavy atom. The second kappa shape index (κ2) is 6.73. The van der Waals surface area contributed by atoms with E-state index in [2.05, 4.69) is 68.4 Å². The Balaban J connectivity index is 2.39. The van der Waals surface area contributed by atoms with Crippen molar-refractivity contribution in [3.05, 3.63) is 31.7 Å². The summed E-state index contributed by atoms with van der Waals surface area (Å²) in [4.78, 5) is 8.47. The van der Waals surface area contributed by atoms with Crippen molar-refractivity contribution >= 4 is 65.2 Å². The van der Waals surface area contributed by atoms with Crippen molar-refractivity contribution in [2.45, 2.75) is 0 Å². The average Bonchev–Trinajstić information content (AvgIpc) is 2.44. The number of hydrogen-bond donors (Lipinski definition) is 2. The lowest BCUT2D eigenvalue weighted by atomic mass is 10.3. The van der Waals surface area contributed by atoms with E-state index in [-0.39, 0.29) is 0 Å². The Morgan fingerprint density at radius 2 is 1.85 bits per heavy atom. The van der Waals surface area contributed by atoms with Crippen LogP contribution in [-0.4, -0.2) is 24.1 Å². The molecule has 2 N–H and O–H groups in total. The van der Waals surface area contributed by atoms with Gasteiger partial charge in [0.05, 0.1) is 21.7 Å². The van der Waals surface area contributed by atoms with Crippen molar-refractivity contribution in [2.24, 2.45) is 0 Å². The van der Waals surface area contributed by atoms with Gasteiger partial charge in [0.25, 0.3) is 0 Å². The number of ether oxygens (including phenoxy) is 1. The number of nitrogens with one attached hydrogen (secondary N) is 2. The molecule has 20 heavy (non-hydrogen) atoms. The second-order valence-electron chi connectivity index (χ2n) is 3.73. The lowest BCUT2D eigenvalue weighted by molar-refractivity contribution is 0.412. The van der Waals surface area contributed by atoms with E-state index in [0.29, 0.717) is 11.8 Å². The van der Waals surface area contributed by atoms with Gasteiger partial charge in [-0.15, -0.1) is 0 Å². The summed E-state index contributed by atoms with van der Waals surface area (Å²) in [6.07, 6.45) is 1.69. The third-order valence-corrected chi connectivity index (χ3v) is 4.32. The highest BCUT2D eigenvalue weighted by molar-refractivity contribution is 9.11. The van der Waals surface area contributed by atoms with Crippen LogP contribution in [0.3, 0.4) is 0 Å². The number of aromatic nitrogens is 2. The van der Waals surface area contributed by atoms with Crippen LogP contribution < -0.4 is 15.4 Å². The highest BCUT2D eigenvalue weighted by atomic mass is 79.9. The minimum Gasteiger partial charge on any atom is -0.495 e. The van der Waals surface area contributed by atoms with E-state index in [9.17, 15) is 0 Å². The average molecular weight is 467 g/mol. The lowest BCUT2D eigenvalue weighted by Gasteiger charge is -2.13. The van der Waals surface area contributed by atoms with Crippen LogP contribution in [0.15, 0.2) is 31.7 Å². The van der Waals surface area contributed by atoms with Crippen LogP contribution in [0.5, 0.6) is 5.75 Å². The molecule has 8 heteroatoms. The van der Waals surface area contributed by atoms with Crippen LogP contribution in [0.1, 0.15) is 0 Å². The molecule has 0 unspecified atom stereocenters. The van der Waals surface area contributed by atoms with Gasteiger partial charge in [-0.05, 0) is 53.9 Å². The van der Waals surface area contributed by atoms with E-state index in [0.717, 1.165) is 24.9 Å². The first-order valence-electron chi connectivity index (χ1n) is 5.55. The van der Waals surface area contributed by atoms with Crippen LogP contribution in [0.4, 0.5) is 17.5 Å². The fourth-order valence-electron chi connectivity index (χ4n) is 1.48. The first-order chi connectivity index (χ1) is 9.55. The molecule has 0 aliphatic heterocycles. The van der Waals surface area contributed by atoms with E-state index < -0.39 is 0 Å². The summed E-state index contributed by atoms with van der Waals surface area (Å²) in [6, 6.07) is 3.79. The Hall–Kier alpha value is -0.860. The number of anilines is 3. The molecule has 0 aliphatic rings. The molecule has 5 nitrogen and oxygen atoms in total. The summed E-state index contributed by atoms with van der Waals surface area (Å²) >= 11 is 10.4. The maximum absolute atomic E-state index is 5.29. The number of hydrogen-bond acceptors (Lipinski definition) is 5. The standard InChI is InChI=1S/C12H11Br3N4O/c1-16-12-17-5-8(15)11(19-12)18-9-4-10(20-2)7(14)3-6(9)13/h3-5H,1-2H3,(H2,16,17,18,19). The second-order valence-corrected chi connectivity index (χ2v) is 6.29. The van der Waals surface area contributed by atoms with Crippen LogP contribution >= 0.6 is 47.8 Å². The van der Waals surface area contributed by atoms with E-state index in [1.165, 1.54) is 0 Å². The molecule has 0 bridgehead atoms. The summed E-state index contributed by atoms with van der Waals surface area (Å²) in [7, 11) is 3.39. The highest BCUT2D eigenvalue weighted by Crippen LogP contribution is 2.36. The molecule has 0 spiro atoms. The molecule has 1 heterocycles. The fraction of sp³-hybridized carbons (Fsp3) is 0.167. The summed E-state index contributed by atoms with van der Waals surface area (Å²) in [5, 5.41) is 6.13. The molecule has 0 atom stereocenters. The minimum atomic E-state index is 0.538. The zero-order valence-corrected chi connectivity index (χ0v) is 15.4. The van der Waals surface area contributed by atoms with Crippen molar-refractivity contribution in [1.82, 2.24) is 9.97 Å². The number of nitrogens with zero attached hydrogens (tertiary/aromatic N) is 2. The molecule has 0 radical (unpaired) electrons. The molecule has 0 saturated heterocycles. The maximum Gasteiger partial charge on any atom is 0.224 e. The Kier molecular flexibility index (Phi) is 5.22. The summed E-state index contributed by atoms with van der Waals surface area (Å²) in [5.41, 5.74) is 0.839. The Morgan fingerprint density at radius 3 is 2.50 bits per heavy atom. The van der Waals surface area contributed by atoms with Gasteiger partial charge in [-0.2, -0.15) is 4.98 Å². The smallest absolute Gasteiger partial charge is 0.224 e. The van der Waals surface area contributed by atoms with Crippen molar-refractivity contribution in [1.29, 1.82) is 0 Å². The Bertz CT molecular complexity index is 636. The maximum atomic E-state index is 5.29. The predicted octanol–water partition coefficient (Wildman–Crippen LogP) is 4.56. The minimum absolute atomic E-state index is 0.538. The third kappa shape index (κ3) is 3.42. The fourth-order valence-corrected chi connectivity index (χ4v) is 3.03. The molecular formula is C12H11Br3N4O. The van der Waals surface area contributed by atoms with E-state index >= 15 is 0 Å².